The van der Waals surface area contributed by atoms with E-state index in [0.717, 1.165) is 38.5 Å². The highest BCUT2D eigenvalue weighted by atomic mass is 16.4. The summed E-state index contributed by atoms with van der Waals surface area (Å²) in [4.78, 5) is 10.2. The van der Waals surface area contributed by atoms with Crippen molar-refractivity contribution in [1.29, 1.82) is 0 Å². The van der Waals surface area contributed by atoms with Crippen LogP contribution in [0.25, 0.3) is 0 Å². The van der Waals surface area contributed by atoms with Crippen molar-refractivity contribution in [3.05, 3.63) is 60.8 Å². The van der Waals surface area contributed by atoms with Crippen molar-refractivity contribution in [3.63, 3.8) is 0 Å². The van der Waals surface area contributed by atoms with Crippen LogP contribution in [0.1, 0.15) is 58.3 Å². The summed E-state index contributed by atoms with van der Waals surface area (Å²) in [5.74, 6) is -0.965. The van der Waals surface area contributed by atoms with Crippen LogP contribution in [-0.2, 0) is 4.79 Å². The van der Waals surface area contributed by atoms with Crippen molar-refractivity contribution in [2.75, 3.05) is 14.1 Å². The molecule has 27 heavy (non-hydrogen) atoms. The van der Waals surface area contributed by atoms with Crippen molar-refractivity contribution in [2.45, 2.75) is 58.3 Å². The van der Waals surface area contributed by atoms with Crippen LogP contribution in [0.5, 0.6) is 0 Å². The Morgan fingerprint density at radius 1 is 0.815 bits per heavy atom. The fourth-order valence-corrected chi connectivity index (χ4v) is 1.73. The molecule has 0 aliphatic heterocycles. The van der Waals surface area contributed by atoms with E-state index in [1.54, 1.807) is 4.58 Å². The SMILES string of the molecule is CC/C=C\C/C=C\C/C=C\C/C=C\C/C=C\CCCC(=O)[O-].C[N+](C)=CN. The van der Waals surface area contributed by atoms with Crippen LogP contribution in [0.15, 0.2) is 60.8 Å². The summed E-state index contributed by atoms with van der Waals surface area (Å²) in [6.07, 6.45) is 29.6. The van der Waals surface area contributed by atoms with Gasteiger partial charge in [0, 0.05) is 5.97 Å². The minimum absolute atomic E-state index is 0.147. The Hall–Kier alpha value is -2.36. The Morgan fingerprint density at radius 2 is 1.19 bits per heavy atom. The Labute approximate surface area is 166 Å². The van der Waals surface area contributed by atoms with Gasteiger partial charge in [-0.15, -0.1) is 0 Å². The van der Waals surface area contributed by atoms with Gasteiger partial charge in [0.25, 0.3) is 0 Å². The fraction of sp³-hybridized carbons (Fsp3) is 0.478. The minimum atomic E-state index is -0.965. The lowest BCUT2D eigenvalue weighted by atomic mass is 10.2. The van der Waals surface area contributed by atoms with E-state index in [4.69, 9.17) is 5.73 Å². The molecule has 0 aliphatic carbocycles. The second-order valence-corrected chi connectivity index (χ2v) is 6.08. The average molecular weight is 375 g/mol. The first kappa shape index (κ1) is 26.9. The zero-order chi connectivity index (χ0) is 20.6. The summed E-state index contributed by atoms with van der Waals surface area (Å²) in [6, 6.07) is 0. The zero-order valence-corrected chi connectivity index (χ0v) is 17.3. The smallest absolute Gasteiger partial charge is 0.229 e. The van der Waals surface area contributed by atoms with E-state index in [-0.39, 0.29) is 6.42 Å². The van der Waals surface area contributed by atoms with E-state index < -0.39 is 5.97 Å². The van der Waals surface area contributed by atoms with Crippen LogP contribution in [0.2, 0.25) is 0 Å². The number of unbranched alkanes of at least 4 members (excludes halogenated alkanes) is 1. The Bertz CT molecular complexity index is 508. The molecule has 0 rings (SSSR count). The molecule has 0 radical (unpaired) electrons. The average Bonchev–Trinajstić information content (AvgIpc) is 2.64. The van der Waals surface area contributed by atoms with E-state index in [1.807, 2.05) is 20.2 Å². The first-order valence-electron chi connectivity index (χ1n) is 9.70. The Balaban J connectivity index is 0. The molecule has 0 aliphatic rings. The normalized spacial score (nSPS) is 11.7. The van der Waals surface area contributed by atoms with Crippen LogP contribution in [0.4, 0.5) is 0 Å². The van der Waals surface area contributed by atoms with Crippen molar-refractivity contribution < 1.29 is 14.5 Å². The number of nitrogens with two attached hydrogens (primary N) is 1. The van der Waals surface area contributed by atoms with Crippen LogP contribution in [0.3, 0.4) is 0 Å². The molecule has 0 saturated carbocycles. The van der Waals surface area contributed by atoms with Gasteiger partial charge in [-0.3, -0.25) is 10.3 Å². The molecule has 0 bridgehead atoms. The summed E-state index contributed by atoms with van der Waals surface area (Å²) in [5.41, 5.74) is 4.97. The molecule has 0 aromatic rings. The van der Waals surface area contributed by atoms with Gasteiger partial charge in [0.1, 0.15) is 0 Å². The molecule has 152 valence electrons. The molecule has 0 amide bonds. The van der Waals surface area contributed by atoms with Crippen molar-refractivity contribution in [1.82, 2.24) is 0 Å². The van der Waals surface area contributed by atoms with Gasteiger partial charge in [0.15, 0.2) is 0 Å². The largest absolute Gasteiger partial charge is 0.550 e. The Morgan fingerprint density at radius 3 is 1.52 bits per heavy atom. The van der Waals surface area contributed by atoms with E-state index >= 15 is 0 Å². The number of carboxylic acids is 1. The number of carbonyl (C=O) groups excluding carboxylic acids is 1. The van der Waals surface area contributed by atoms with Crippen molar-refractivity contribution in [3.8, 4) is 0 Å². The highest BCUT2D eigenvalue weighted by Crippen LogP contribution is 1.98. The van der Waals surface area contributed by atoms with Crippen LogP contribution in [0, 0.1) is 0 Å². The van der Waals surface area contributed by atoms with Gasteiger partial charge in [-0.05, 0) is 51.4 Å². The lowest BCUT2D eigenvalue weighted by Gasteiger charge is -1.97. The van der Waals surface area contributed by atoms with Gasteiger partial charge in [-0.2, -0.15) is 0 Å². The molecule has 0 aromatic heterocycles. The maximum absolute atomic E-state index is 10.2. The monoisotopic (exact) mass is 374 g/mol. The molecule has 0 fully saturated rings. The number of allylic oxidation sites excluding steroid dienone is 10. The summed E-state index contributed by atoms with van der Waals surface area (Å²) in [5, 5.41) is 10.2. The third-order valence-electron chi connectivity index (χ3n) is 3.21. The van der Waals surface area contributed by atoms with Gasteiger partial charge < -0.3 is 9.90 Å². The third-order valence-corrected chi connectivity index (χ3v) is 3.21. The number of nitrogens with zero attached hydrogens (tertiary/aromatic N) is 1. The molecule has 0 unspecified atom stereocenters. The number of carbonyl (C=O) groups is 1. The van der Waals surface area contributed by atoms with Gasteiger partial charge in [0.05, 0.1) is 14.1 Å². The van der Waals surface area contributed by atoms with Gasteiger partial charge in [0.2, 0.25) is 6.34 Å². The number of aliphatic carboxylic acids is 1. The summed E-state index contributed by atoms with van der Waals surface area (Å²) in [6.45, 7) is 2.14. The predicted octanol–water partition coefficient (Wildman–Crippen LogP) is 3.90. The summed E-state index contributed by atoms with van der Waals surface area (Å²) >= 11 is 0. The molecule has 4 nitrogen and oxygen atoms in total. The standard InChI is InChI=1S/C20H30O2.C3H8N2/c1-2-3-4-5-6-7-8-9-10-11-12-13-14-15-16-17-18-19-20(21)22;1-5(2)3-4/h3-4,6-7,9-10,12-13,15-16H,2,5,8,11,14,17-19H2,1H3,(H,21,22);3-4H,1-2H3/b4-3-,7-6-,10-9-,13-12-,16-15-;. The number of hydrogen-bond donors (Lipinski definition) is 1. The lowest BCUT2D eigenvalue weighted by Crippen LogP contribution is -2.21. The quantitative estimate of drug-likeness (QED) is 0.175. The maximum Gasteiger partial charge on any atom is 0.229 e. The fourth-order valence-electron chi connectivity index (χ4n) is 1.73. The molecular weight excluding hydrogens is 336 g/mol. The lowest BCUT2D eigenvalue weighted by molar-refractivity contribution is -0.460. The summed E-state index contributed by atoms with van der Waals surface area (Å²) < 4.78 is 1.78. The van der Waals surface area contributed by atoms with Gasteiger partial charge >= 0.3 is 0 Å². The third kappa shape index (κ3) is 31.9. The maximum atomic E-state index is 10.2. The van der Waals surface area contributed by atoms with Gasteiger partial charge in [-0.1, -0.05) is 67.7 Å². The predicted molar refractivity (Wildman–Crippen MR) is 116 cm³/mol. The first-order valence-corrected chi connectivity index (χ1v) is 9.70. The second-order valence-electron chi connectivity index (χ2n) is 6.08. The zero-order valence-electron chi connectivity index (χ0n) is 17.3. The number of hydrogen-bond acceptors (Lipinski definition) is 2. The molecule has 4 heteroatoms. The second kappa shape index (κ2) is 23.6. The Kier molecular flexibility index (Phi) is 23.5. The van der Waals surface area contributed by atoms with E-state index in [1.165, 1.54) is 6.34 Å². The number of rotatable bonds is 13. The van der Waals surface area contributed by atoms with E-state index in [2.05, 4.69) is 61.6 Å². The highest BCUT2D eigenvalue weighted by molar-refractivity contribution is 5.64. The van der Waals surface area contributed by atoms with Crippen LogP contribution >= 0.6 is 0 Å². The van der Waals surface area contributed by atoms with E-state index in [9.17, 15) is 9.90 Å². The van der Waals surface area contributed by atoms with Crippen molar-refractivity contribution in [2.24, 2.45) is 5.73 Å². The van der Waals surface area contributed by atoms with Crippen LogP contribution < -0.4 is 10.8 Å². The molecule has 2 N–H and O–H groups in total. The molecule has 0 saturated heterocycles. The molecule has 0 atom stereocenters. The highest BCUT2D eigenvalue weighted by Gasteiger charge is 1.84. The van der Waals surface area contributed by atoms with E-state index in [0.29, 0.717) is 6.42 Å². The van der Waals surface area contributed by atoms with Crippen molar-refractivity contribution >= 4 is 12.3 Å². The van der Waals surface area contributed by atoms with Gasteiger partial charge in [-0.25, -0.2) is 0 Å². The topological polar surface area (TPSA) is 69.2 Å². The minimum Gasteiger partial charge on any atom is -0.550 e. The molecular formula is C23H38N2O2. The number of carboxylic acid groups (broad SMARTS) is 1. The first-order chi connectivity index (χ1) is 13.0. The molecule has 0 aromatic carbocycles. The molecule has 0 spiro atoms. The summed E-state index contributed by atoms with van der Waals surface area (Å²) in [7, 11) is 3.75. The van der Waals surface area contributed by atoms with Crippen LogP contribution in [-0.4, -0.2) is 31.0 Å². The molecule has 0 heterocycles.